The lowest BCUT2D eigenvalue weighted by atomic mass is 10.0. The molecule has 0 fully saturated rings. The summed E-state index contributed by atoms with van der Waals surface area (Å²) in [6.45, 7) is 9.35. The average molecular weight is 328 g/mol. The van der Waals surface area contributed by atoms with Gasteiger partial charge in [0, 0.05) is 0 Å². The number of carboxylic acids is 1. The highest BCUT2D eigenvalue weighted by molar-refractivity contribution is 6.77. The fourth-order valence-corrected chi connectivity index (χ4v) is 3.56. The summed E-state index contributed by atoms with van der Waals surface area (Å²) in [5, 5.41) is 9.45. The minimum atomic E-state index is -1.51. The molecule has 2 aromatic carbocycles. The van der Waals surface area contributed by atoms with Gasteiger partial charge in [-0.2, -0.15) is 0 Å². The predicted molar refractivity (Wildman–Crippen MR) is 95.9 cm³/mol. The normalized spacial score (nSPS) is 12.7. The van der Waals surface area contributed by atoms with E-state index < -0.39 is 14.0 Å². The highest BCUT2D eigenvalue weighted by Gasteiger charge is 2.27. The summed E-state index contributed by atoms with van der Waals surface area (Å²) in [5.74, 6) is -0.154. The monoisotopic (exact) mass is 328 g/mol. The average Bonchev–Trinajstić information content (AvgIpc) is 2.52. The molecule has 0 radical (unpaired) electrons. The zero-order valence-electron chi connectivity index (χ0n) is 14.2. The van der Waals surface area contributed by atoms with Crippen LogP contribution in [-0.4, -0.2) is 19.1 Å². The first-order valence-corrected chi connectivity index (χ1v) is 11.4. The van der Waals surface area contributed by atoms with E-state index in [1.807, 2.05) is 36.4 Å². The van der Waals surface area contributed by atoms with E-state index in [4.69, 9.17) is 4.74 Å². The number of rotatable bonds is 6. The Hall–Kier alpha value is -2.07. The summed E-state index contributed by atoms with van der Waals surface area (Å²) in [5.41, 5.74) is 2.60. The van der Waals surface area contributed by atoms with Crippen LogP contribution in [0.1, 0.15) is 33.9 Å². The van der Waals surface area contributed by atoms with Gasteiger partial charge in [0.1, 0.15) is 12.4 Å². The molecule has 4 heteroatoms. The topological polar surface area (TPSA) is 46.5 Å². The van der Waals surface area contributed by atoms with Crippen LogP contribution in [0.15, 0.2) is 48.5 Å². The van der Waals surface area contributed by atoms with Gasteiger partial charge in [-0.25, -0.2) is 4.79 Å². The maximum absolute atomic E-state index is 11.5. The molecule has 0 saturated carbocycles. The third kappa shape index (κ3) is 4.45. The Morgan fingerprint density at radius 1 is 1.13 bits per heavy atom. The van der Waals surface area contributed by atoms with Gasteiger partial charge < -0.3 is 9.84 Å². The molecule has 0 amide bonds. The van der Waals surface area contributed by atoms with Crippen molar-refractivity contribution in [3.63, 3.8) is 0 Å². The van der Waals surface area contributed by atoms with E-state index in [2.05, 4.69) is 26.6 Å². The van der Waals surface area contributed by atoms with Crippen LogP contribution in [0.5, 0.6) is 5.75 Å². The third-order valence-corrected chi connectivity index (χ3v) is 7.18. The molecular formula is C19H24O3Si. The maximum atomic E-state index is 11.5. The zero-order chi connectivity index (χ0) is 17.0. The van der Waals surface area contributed by atoms with Crippen LogP contribution in [0.25, 0.3) is 0 Å². The standard InChI is InChI=1S/C19H24O3Si/c1-14(23(2,3)4)18-12-16(10-11-17(18)19(20)21)22-13-15-8-6-5-7-9-15/h5-12,14H,13H2,1-4H3,(H,20,21). The number of carboxylic acid groups (broad SMARTS) is 1. The van der Waals surface area contributed by atoms with Crippen molar-refractivity contribution in [2.45, 2.75) is 38.7 Å². The molecule has 0 aliphatic heterocycles. The molecule has 1 N–H and O–H groups in total. The van der Waals surface area contributed by atoms with Gasteiger partial charge in [0.05, 0.1) is 13.6 Å². The maximum Gasteiger partial charge on any atom is 0.335 e. The van der Waals surface area contributed by atoms with Crippen molar-refractivity contribution >= 4 is 14.0 Å². The molecule has 0 heterocycles. The summed E-state index contributed by atoms with van der Waals surface area (Å²) >= 11 is 0. The molecule has 0 aromatic heterocycles. The number of carbonyl (C=O) groups is 1. The lowest BCUT2D eigenvalue weighted by Gasteiger charge is -2.27. The molecule has 0 saturated heterocycles. The van der Waals surface area contributed by atoms with Gasteiger partial charge in [-0.3, -0.25) is 0 Å². The Morgan fingerprint density at radius 2 is 1.78 bits per heavy atom. The Bertz CT molecular complexity index is 675. The van der Waals surface area contributed by atoms with Crippen LogP contribution >= 0.6 is 0 Å². The van der Waals surface area contributed by atoms with Gasteiger partial charge >= 0.3 is 5.97 Å². The van der Waals surface area contributed by atoms with E-state index in [9.17, 15) is 9.90 Å². The van der Waals surface area contributed by atoms with Crippen molar-refractivity contribution in [1.82, 2.24) is 0 Å². The molecule has 0 bridgehead atoms. The van der Waals surface area contributed by atoms with Crippen LogP contribution in [-0.2, 0) is 6.61 Å². The summed E-state index contributed by atoms with van der Waals surface area (Å²) in [6, 6.07) is 15.2. The van der Waals surface area contributed by atoms with Crippen LogP contribution in [0.3, 0.4) is 0 Å². The second-order valence-corrected chi connectivity index (χ2v) is 12.5. The van der Waals surface area contributed by atoms with Crippen molar-refractivity contribution in [3.8, 4) is 5.75 Å². The summed E-state index contributed by atoms with van der Waals surface area (Å²) in [4.78, 5) is 11.5. The quantitative estimate of drug-likeness (QED) is 0.764. The Morgan fingerprint density at radius 3 is 2.35 bits per heavy atom. The molecule has 2 rings (SSSR count). The van der Waals surface area contributed by atoms with Crippen LogP contribution in [0.2, 0.25) is 19.6 Å². The van der Waals surface area contributed by atoms with Crippen LogP contribution in [0, 0.1) is 0 Å². The first-order valence-electron chi connectivity index (χ1n) is 7.83. The highest BCUT2D eigenvalue weighted by atomic mass is 28.3. The molecule has 1 atom stereocenters. The van der Waals surface area contributed by atoms with Crippen molar-refractivity contribution in [1.29, 1.82) is 0 Å². The van der Waals surface area contributed by atoms with Crippen LogP contribution < -0.4 is 4.74 Å². The number of ether oxygens (including phenoxy) is 1. The van der Waals surface area contributed by atoms with E-state index in [-0.39, 0.29) is 5.54 Å². The first-order chi connectivity index (χ1) is 10.8. The van der Waals surface area contributed by atoms with Gasteiger partial charge in [-0.05, 0) is 34.9 Å². The molecule has 2 aromatic rings. The molecule has 3 nitrogen and oxygen atoms in total. The Balaban J connectivity index is 2.27. The van der Waals surface area contributed by atoms with E-state index in [1.165, 1.54) is 0 Å². The SMILES string of the molecule is CC(c1cc(OCc2ccccc2)ccc1C(=O)O)[Si](C)(C)C. The van der Waals surface area contributed by atoms with Gasteiger partial charge in [0.25, 0.3) is 0 Å². The number of hydrogen-bond acceptors (Lipinski definition) is 2. The number of aromatic carboxylic acids is 1. The largest absolute Gasteiger partial charge is 0.489 e. The summed E-state index contributed by atoms with van der Waals surface area (Å²) < 4.78 is 5.85. The van der Waals surface area contributed by atoms with E-state index >= 15 is 0 Å². The van der Waals surface area contributed by atoms with Gasteiger partial charge in [0.2, 0.25) is 0 Å². The fourth-order valence-electron chi connectivity index (χ4n) is 2.39. The first kappa shape index (κ1) is 17.3. The summed E-state index contributed by atoms with van der Waals surface area (Å²) in [6.07, 6.45) is 0. The second-order valence-electron chi connectivity index (χ2n) is 6.92. The molecule has 0 spiro atoms. The molecule has 1 unspecified atom stereocenters. The molecular weight excluding hydrogens is 304 g/mol. The predicted octanol–water partition coefficient (Wildman–Crippen LogP) is 4.94. The van der Waals surface area contributed by atoms with Crippen molar-refractivity contribution in [3.05, 3.63) is 65.2 Å². The molecule has 0 aliphatic carbocycles. The lowest BCUT2D eigenvalue weighted by Crippen LogP contribution is -2.30. The van der Waals surface area contributed by atoms with Gasteiger partial charge in [-0.1, -0.05) is 56.9 Å². The van der Waals surface area contributed by atoms with Gasteiger partial charge in [0.15, 0.2) is 0 Å². The second kappa shape index (κ2) is 7.00. The Labute approximate surface area is 138 Å². The van der Waals surface area contributed by atoms with Crippen molar-refractivity contribution < 1.29 is 14.6 Å². The third-order valence-electron chi connectivity index (χ3n) is 4.27. The number of hydrogen-bond donors (Lipinski definition) is 1. The van der Waals surface area contributed by atoms with Crippen LogP contribution in [0.4, 0.5) is 0 Å². The minimum Gasteiger partial charge on any atom is -0.489 e. The zero-order valence-corrected chi connectivity index (χ0v) is 15.2. The number of benzene rings is 2. The summed E-state index contributed by atoms with van der Waals surface area (Å²) in [7, 11) is -1.51. The lowest BCUT2D eigenvalue weighted by molar-refractivity contribution is 0.0695. The van der Waals surface area contributed by atoms with Crippen molar-refractivity contribution in [2.75, 3.05) is 0 Å². The Kier molecular flexibility index (Phi) is 5.26. The molecule has 0 aliphatic rings. The highest BCUT2D eigenvalue weighted by Crippen LogP contribution is 2.32. The van der Waals surface area contributed by atoms with Gasteiger partial charge in [-0.15, -0.1) is 0 Å². The molecule has 122 valence electrons. The smallest absolute Gasteiger partial charge is 0.335 e. The van der Waals surface area contributed by atoms with E-state index in [0.717, 1.165) is 16.9 Å². The van der Waals surface area contributed by atoms with Crippen molar-refractivity contribution in [2.24, 2.45) is 0 Å². The minimum absolute atomic E-state index is 0.244. The fraction of sp³-hybridized carbons (Fsp3) is 0.316. The van der Waals surface area contributed by atoms with E-state index in [1.54, 1.807) is 12.1 Å². The molecule has 23 heavy (non-hydrogen) atoms. The van der Waals surface area contributed by atoms with E-state index in [0.29, 0.717) is 12.2 Å².